The molecule has 1 aromatic rings. The first kappa shape index (κ1) is 18.0. The van der Waals surface area contributed by atoms with Gasteiger partial charge in [0.25, 0.3) is 0 Å². The molecule has 0 unspecified atom stereocenters. The Morgan fingerprint density at radius 3 is 2.64 bits per heavy atom. The van der Waals surface area contributed by atoms with Crippen LogP contribution in [0.2, 0.25) is 5.02 Å². The number of nitrogens with zero attached hydrogens (tertiary/aromatic N) is 1. The van der Waals surface area contributed by atoms with E-state index in [9.17, 15) is 0 Å². The second-order valence-electron chi connectivity index (χ2n) is 5.55. The lowest BCUT2D eigenvalue weighted by Crippen LogP contribution is -2.46. The summed E-state index contributed by atoms with van der Waals surface area (Å²) in [4.78, 5) is 2.38. The lowest BCUT2D eigenvalue weighted by atomic mass is 10.2. The molecule has 0 spiro atoms. The van der Waals surface area contributed by atoms with Gasteiger partial charge in [0.2, 0.25) is 0 Å². The summed E-state index contributed by atoms with van der Waals surface area (Å²) in [7, 11) is 0. The van der Waals surface area contributed by atoms with Crippen LogP contribution < -0.4 is 4.74 Å². The van der Waals surface area contributed by atoms with Crippen LogP contribution in [0.5, 0.6) is 5.75 Å². The summed E-state index contributed by atoms with van der Waals surface area (Å²) >= 11 is 9.45. The standard InChI is InChI=1S/C16H23BrClNO3/c1-12-10-19(11-13(2)22-12)5-6-20-7-8-21-16-4-3-14(17)9-15(16)18/h3-4,9,12-13H,5-8,10-11H2,1-2H3/t12-,13+. The van der Waals surface area contributed by atoms with E-state index >= 15 is 0 Å². The number of halogens is 2. The minimum Gasteiger partial charge on any atom is -0.490 e. The van der Waals surface area contributed by atoms with Gasteiger partial charge in [-0.25, -0.2) is 0 Å². The van der Waals surface area contributed by atoms with E-state index in [2.05, 4.69) is 34.7 Å². The molecule has 0 N–H and O–H groups in total. The number of hydrogen-bond acceptors (Lipinski definition) is 4. The summed E-state index contributed by atoms with van der Waals surface area (Å²) in [5.74, 6) is 0.685. The number of hydrogen-bond donors (Lipinski definition) is 0. The van der Waals surface area contributed by atoms with E-state index in [0.29, 0.717) is 42.8 Å². The highest BCUT2D eigenvalue weighted by Crippen LogP contribution is 2.27. The van der Waals surface area contributed by atoms with E-state index in [1.807, 2.05) is 18.2 Å². The molecule has 0 aromatic heterocycles. The fraction of sp³-hybridized carbons (Fsp3) is 0.625. The quantitative estimate of drug-likeness (QED) is 0.663. The predicted molar refractivity (Wildman–Crippen MR) is 91.9 cm³/mol. The molecule has 6 heteroatoms. The summed E-state index contributed by atoms with van der Waals surface area (Å²) in [6.45, 7) is 8.85. The van der Waals surface area contributed by atoms with Crippen LogP contribution in [-0.2, 0) is 9.47 Å². The Morgan fingerprint density at radius 1 is 1.23 bits per heavy atom. The van der Waals surface area contributed by atoms with Crippen LogP contribution in [0.3, 0.4) is 0 Å². The Balaban J connectivity index is 1.57. The SMILES string of the molecule is C[C@@H]1CN(CCOCCOc2ccc(Br)cc2Cl)C[C@H](C)O1. The molecule has 1 aliphatic rings. The van der Waals surface area contributed by atoms with Crippen LogP contribution in [0.15, 0.2) is 22.7 Å². The van der Waals surface area contributed by atoms with Gasteiger partial charge in [0.05, 0.1) is 30.4 Å². The zero-order valence-corrected chi connectivity index (χ0v) is 15.4. The second kappa shape index (κ2) is 9.08. The van der Waals surface area contributed by atoms with Crippen LogP contribution >= 0.6 is 27.5 Å². The summed E-state index contributed by atoms with van der Waals surface area (Å²) < 4.78 is 17.9. The van der Waals surface area contributed by atoms with Crippen molar-refractivity contribution in [2.75, 3.05) is 39.5 Å². The molecule has 124 valence electrons. The molecule has 22 heavy (non-hydrogen) atoms. The van der Waals surface area contributed by atoms with Gasteiger partial charge >= 0.3 is 0 Å². The number of benzene rings is 1. The van der Waals surface area contributed by atoms with Gasteiger partial charge in [-0.3, -0.25) is 4.90 Å². The van der Waals surface area contributed by atoms with Gasteiger partial charge < -0.3 is 14.2 Å². The van der Waals surface area contributed by atoms with Crippen LogP contribution in [0.4, 0.5) is 0 Å². The van der Waals surface area contributed by atoms with Crippen molar-refractivity contribution in [1.82, 2.24) is 4.90 Å². The monoisotopic (exact) mass is 391 g/mol. The first-order chi connectivity index (χ1) is 10.5. The Hall–Kier alpha value is -0.330. The van der Waals surface area contributed by atoms with Crippen molar-refractivity contribution in [2.45, 2.75) is 26.1 Å². The Kier molecular flexibility index (Phi) is 7.44. The topological polar surface area (TPSA) is 30.9 Å². The maximum absolute atomic E-state index is 6.08. The normalized spacial score (nSPS) is 22.7. The maximum Gasteiger partial charge on any atom is 0.138 e. The Labute approximate surface area is 145 Å². The maximum atomic E-state index is 6.08. The van der Waals surface area contributed by atoms with Crippen molar-refractivity contribution in [2.24, 2.45) is 0 Å². The van der Waals surface area contributed by atoms with Gasteiger partial charge in [-0.2, -0.15) is 0 Å². The van der Waals surface area contributed by atoms with Crippen molar-refractivity contribution in [3.05, 3.63) is 27.7 Å². The highest BCUT2D eigenvalue weighted by Gasteiger charge is 2.21. The largest absolute Gasteiger partial charge is 0.490 e. The molecule has 2 atom stereocenters. The van der Waals surface area contributed by atoms with E-state index in [-0.39, 0.29) is 0 Å². The highest BCUT2D eigenvalue weighted by molar-refractivity contribution is 9.10. The van der Waals surface area contributed by atoms with Crippen molar-refractivity contribution < 1.29 is 14.2 Å². The van der Waals surface area contributed by atoms with Crippen LogP contribution in [0.1, 0.15) is 13.8 Å². The third kappa shape index (κ3) is 6.05. The highest BCUT2D eigenvalue weighted by atomic mass is 79.9. The lowest BCUT2D eigenvalue weighted by molar-refractivity contribution is -0.0734. The van der Waals surface area contributed by atoms with E-state index < -0.39 is 0 Å². The summed E-state index contributed by atoms with van der Waals surface area (Å²) in [5, 5.41) is 0.602. The number of ether oxygens (including phenoxy) is 3. The van der Waals surface area contributed by atoms with E-state index in [0.717, 1.165) is 24.1 Å². The fourth-order valence-electron chi connectivity index (χ4n) is 2.57. The van der Waals surface area contributed by atoms with Crippen molar-refractivity contribution in [1.29, 1.82) is 0 Å². The molecule has 1 heterocycles. The number of morpholine rings is 1. The number of rotatable bonds is 7. The molecule has 1 fully saturated rings. The average molecular weight is 393 g/mol. The summed E-state index contributed by atoms with van der Waals surface area (Å²) in [6.07, 6.45) is 0.596. The molecule has 0 amide bonds. The second-order valence-corrected chi connectivity index (χ2v) is 6.88. The van der Waals surface area contributed by atoms with E-state index in [4.69, 9.17) is 25.8 Å². The molecular formula is C16H23BrClNO3. The van der Waals surface area contributed by atoms with Gasteiger partial charge in [-0.1, -0.05) is 27.5 Å². The summed E-state index contributed by atoms with van der Waals surface area (Å²) in [6, 6.07) is 5.57. The van der Waals surface area contributed by atoms with Gasteiger partial charge in [0.1, 0.15) is 12.4 Å². The predicted octanol–water partition coefficient (Wildman–Crippen LogP) is 3.61. The first-order valence-electron chi connectivity index (χ1n) is 7.58. The molecule has 1 aromatic carbocycles. The van der Waals surface area contributed by atoms with Crippen molar-refractivity contribution in [3.8, 4) is 5.75 Å². The minimum absolute atomic E-state index is 0.298. The van der Waals surface area contributed by atoms with Crippen molar-refractivity contribution >= 4 is 27.5 Å². The molecule has 0 saturated carbocycles. The molecule has 1 saturated heterocycles. The summed E-state index contributed by atoms with van der Waals surface area (Å²) in [5.41, 5.74) is 0. The van der Waals surface area contributed by atoms with Crippen LogP contribution in [0.25, 0.3) is 0 Å². The Bertz CT molecular complexity index is 465. The molecule has 0 bridgehead atoms. The third-order valence-corrected chi connectivity index (χ3v) is 4.21. The van der Waals surface area contributed by atoms with Gasteiger partial charge in [-0.05, 0) is 32.0 Å². The average Bonchev–Trinajstić information content (AvgIpc) is 2.43. The molecular weight excluding hydrogens is 370 g/mol. The van der Waals surface area contributed by atoms with Gasteiger partial charge in [-0.15, -0.1) is 0 Å². The Morgan fingerprint density at radius 2 is 1.95 bits per heavy atom. The van der Waals surface area contributed by atoms with Crippen LogP contribution in [0, 0.1) is 0 Å². The third-order valence-electron chi connectivity index (χ3n) is 3.43. The van der Waals surface area contributed by atoms with E-state index in [1.165, 1.54) is 0 Å². The van der Waals surface area contributed by atoms with Gasteiger partial charge in [0.15, 0.2) is 0 Å². The smallest absolute Gasteiger partial charge is 0.138 e. The first-order valence-corrected chi connectivity index (χ1v) is 8.75. The molecule has 0 aliphatic carbocycles. The molecule has 0 radical (unpaired) electrons. The zero-order valence-electron chi connectivity index (χ0n) is 13.1. The lowest BCUT2D eigenvalue weighted by Gasteiger charge is -2.35. The zero-order chi connectivity index (χ0) is 15.9. The fourth-order valence-corrected chi connectivity index (χ4v) is 3.29. The van der Waals surface area contributed by atoms with E-state index in [1.54, 1.807) is 0 Å². The molecule has 1 aliphatic heterocycles. The van der Waals surface area contributed by atoms with Crippen molar-refractivity contribution in [3.63, 3.8) is 0 Å². The van der Waals surface area contributed by atoms with Crippen LogP contribution in [-0.4, -0.2) is 56.6 Å². The van der Waals surface area contributed by atoms with Gasteiger partial charge in [0, 0.05) is 24.1 Å². The molecule has 2 rings (SSSR count). The minimum atomic E-state index is 0.298. The molecule has 4 nitrogen and oxygen atoms in total.